The third-order valence-corrected chi connectivity index (χ3v) is 5.95. The smallest absolute Gasteiger partial charge is 0.321 e. The van der Waals surface area contributed by atoms with E-state index in [1.807, 2.05) is 27.8 Å². The number of aromatic nitrogens is 2. The van der Waals surface area contributed by atoms with Gasteiger partial charge in [0.2, 0.25) is 0 Å². The van der Waals surface area contributed by atoms with Crippen LogP contribution in [0.3, 0.4) is 0 Å². The molecule has 1 N–H and O–H groups in total. The first-order valence-corrected chi connectivity index (χ1v) is 9.41. The maximum Gasteiger partial charge on any atom is 0.321 e. The third-order valence-electron chi connectivity index (χ3n) is 5.65. The topological polar surface area (TPSA) is 53.4 Å². The van der Waals surface area contributed by atoms with Gasteiger partial charge in [-0.05, 0) is 57.0 Å². The van der Waals surface area contributed by atoms with E-state index in [4.69, 9.17) is 11.6 Å². The summed E-state index contributed by atoms with van der Waals surface area (Å²) in [4.78, 5) is 21.0. The molecule has 2 fully saturated rings. The lowest BCUT2D eigenvalue weighted by molar-refractivity contribution is 0.0953. The number of fused-ring (bicyclic) bond motifs is 2. The first-order chi connectivity index (χ1) is 12.5. The van der Waals surface area contributed by atoms with Crippen LogP contribution < -0.4 is 5.32 Å². The molecule has 0 spiro atoms. The Labute approximate surface area is 158 Å². The summed E-state index contributed by atoms with van der Waals surface area (Å²) in [6, 6.07) is 6.12. The first kappa shape index (κ1) is 17.4. The molecular formula is C19H24ClN5O. The number of likely N-dealkylation sites (tertiary alicyclic amines) is 1. The molecule has 1 aromatic carbocycles. The van der Waals surface area contributed by atoms with Gasteiger partial charge in [0.05, 0.1) is 17.0 Å². The van der Waals surface area contributed by atoms with Gasteiger partial charge in [-0.25, -0.2) is 9.78 Å². The zero-order valence-electron chi connectivity index (χ0n) is 15.1. The largest absolute Gasteiger partial charge is 0.324 e. The van der Waals surface area contributed by atoms with Crippen LogP contribution in [0.25, 0.3) is 5.69 Å². The number of carbonyl (C=O) groups is 1. The van der Waals surface area contributed by atoms with Crippen molar-refractivity contribution in [3.8, 4) is 5.69 Å². The molecule has 7 heteroatoms. The minimum absolute atomic E-state index is 0.0365. The molecule has 6 nitrogen and oxygen atoms in total. The number of carbonyl (C=O) groups excluding carboxylic acids is 1. The minimum Gasteiger partial charge on any atom is -0.324 e. The Kier molecular flexibility index (Phi) is 4.63. The van der Waals surface area contributed by atoms with Gasteiger partial charge in [-0.15, -0.1) is 0 Å². The van der Waals surface area contributed by atoms with Gasteiger partial charge in [0.1, 0.15) is 0 Å². The van der Waals surface area contributed by atoms with Crippen LogP contribution in [0.4, 0.5) is 10.5 Å². The molecule has 2 heterocycles. The van der Waals surface area contributed by atoms with Crippen LogP contribution >= 0.6 is 11.6 Å². The van der Waals surface area contributed by atoms with Crippen molar-refractivity contribution in [2.24, 2.45) is 11.8 Å². The SMILES string of the molecule is CN(C)C1[C@@H]2CC[C@H]1CN(C(=O)Nc1ccc(-n3ccnc3)c(Cl)c1)C2. The van der Waals surface area contributed by atoms with Crippen LogP contribution in [0.15, 0.2) is 36.9 Å². The van der Waals surface area contributed by atoms with Crippen molar-refractivity contribution >= 4 is 23.3 Å². The Hall–Kier alpha value is -2.05. The maximum absolute atomic E-state index is 12.7. The van der Waals surface area contributed by atoms with Crippen molar-refractivity contribution in [1.82, 2.24) is 19.4 Å². The predicted octanol–water partition coefficient (Wildman–Crippen LogP) is 3.33. The van der Waals surface area contributed by atoms with E-state index in [-0.39, 0.29) is 6.03 Å². The number of rotatable bonds is 3. The molecule has 2 aliphatic rings. The standard InChI is InChI=1S/C19H24ClN5O/c1-23(2)18-13-3-4-14(18)11-25(10-13)19(26)22-15-5-6-17(16(20)9-15)24-8-7-21-12-24/h5-9,12-14,18H,3-4,10-11H2,1-2H3,(H,22,26)/t13-,14+,18?. The summed E-state index contributed by atoms with van der Waals surface area (Å²) < 4.78 is 1.84. The lowest BCUT2D eigenvalue weighted by Gasteiger charge is -2.41. The highest BCUT2D eigenvalue weighted by Crippen LogP contribution is 2.39. The Balaban J connectivity index is 1.44. The summed E-state index contributed by atoms with van der Waals surface area (Å²) in [7, 11) is 4.30. The number of urea groups is 1. The van der Waals surface area contributed by atoms with E-state index < -0.39 is 0 Å². The molecule has 0 radical (unpaired) electrons. The number of halogens is 1. The number of hydrogen-bond donors (Lipinski definition) is 1. The average molecular weight is 374 g/mol. The number of benzene rings is 1. The van der Waals surface area contributed by atoms with Crippen LogP contribution in [0.5, 0.6) is 0 Å². The van der Waals surface area contributed by atoms with Gasteiger partial charge in [0.25, 0.3) is 0 Å². The molecule has 1 saturated carbocycles. The highest BCUT2D eigenvalue weighted by molar-refractivity contribution is 6.32. The predicted molar refractivity (Wildman–Crippen MR) is 103 cm³/mol. The normalized spacial score (nSPS) is 24.9. The summed E-state index contributed by atoms with van der Waals surface area (Å²) in [6.07, 6.45) is 7.66. The van der Waals surface area contributed by atoms with Crippen molar-refractivity contribution < 1.29 is 4.79 Å². The monoisotopic (exact) mass is 373 g/mol. The summed E-state index contributed by atoms with van der Waals surface area (Å²) in [5.74, 6) is 1.14. The zero-order chi connectivity index (χ0) is 18.3. The molecule has 1 unspecified atom stereocenters. The number of nitrogens with zero attached hydrogens (tertiary/aromatic N) is 4. The molecule has 26 heavy (non-hydrogen) atoms. The van der Waals surface area contributed by atoms with Gasteiger partial charge in [0, 0.05) is 37.2 Å². The first-order valence-electron chi connectivity index (χ1n) is 9.03. The number of imidazole rings is 1. The van der Waals surface area contributed by atoms with Crippen LogP contribution in [0.2, 0.25) is 5.02 Å². The van der Waals surface area contributed by atoms with Crippen LogP contribution in [0, 0.1) is 11.8 Å². The molecule has 2 bridgehead atoms. The lowest BCUT2D eigenvalue weighted by atomic mass is 9.91. The Bertz CT molecular complexity index is 777. The van der Waals surface area contributed by atoms with Crippen LogP contribution in [0.1, 0.15) is 12.8 Å². The molecule has 138 valence electrons. The van der Waals surface area contributed by atoms with Crippen molar-refractivity contribution in [1.29, 1.82) is 0 Å². The van der Waals surface area contributed by atoms with E-state index in [0.29, 0.717) is 28.6 Å². The molecule has 2 aromatic rings. The number of anilines is 1. The highest BCUT2D eigenvalue weighted by Gasteiger charge is 2.44. The Morgan fingerprint density at radius 3 is 2.58 bits per heavy atom. The number of hydrogen-bond acceptors (Lipinski definition) is 3. The van der Waals surface area contributed by atoms with Crippen molar-refractivity contribution in [3.63, 3.8) is 0 Å². The van der Waals surface area contributed by atoms with E-state index in [2.05, 4.69) is 29.3 Å². The number of nitrogens with one attached hydrogen (secondary N) is 1. The molecule has 1 saturated heterocycles. The van der Waals surface area contributed by atoms with E-state index in [1.54, 1.807) is 18.6 Å². The molecule has 1 aliphatic heterocycles. The molecule has 2 amide bonds. The molecule has 4 rings (SSSR count). The minimum atomic E-state index is -0.0365. The van der Waals surface area contributed by atoms with Crippen LogP contribution in [-0.2, 0) is 0 Å². The van der Waals surface area contributed by atoms with Crippen molar-refractivity contribution in [2.45, 2.75) is 18.9 Å². The fourth-order valence-corrected chi connectivity index (χ4v) is 4.88. The molecular weight excluding hydrogens is 350 g/mol. The maximum atomic E-state index is 12.7. The second-order valence-corrected chi connectivity index (χ2v) is 7.93. The number of piperidine rings is 1. The lowest BCUT2D eigenvalue weighted by Crippen LogP contribution is -2.53. The van der Waals surface area contributed by atoms with E-state index in [0.717, 1.165) is 18.8 Å². The van der Waals surface area contributed by atoms with E-state index in [9.17, 15) is 4.79 Å². The van der Waals surface area contributed by atoms with Gasteiger partial charge in [-0.1, -0.05) is 11.6 Å². The molecule has 1 aromatic heterocycles. The van der Waals surface area contributed by atoms with Gasteiger partial charge in [-0.2, -0.15) is 0 Å². The zero-order valence-corrected chi connectivity index (χ0v) is 15.9. The highest BCUT2D eigenvalue weighted by atomic mass is 35.5. The second kappa shape index (κ2) is 6.93. The van der Waals surface area contributed by atoms with Crippen LogP contribution in [-0.4, -0.2) is 58.6 Å². The molecule has 1 aliphatic carbocycles. The number of amides is 2. The second-order valence-electron chi connectivity index (χ2n) is 7.52. The summed E-state index contributed by atoms with van der Waals surface area (Å²) in [5, 5.41) is 3.58. The van der Waals surface area contributed by atoms with Crippen molar-refractivity contribution in [3.05, 3.63) is 41.9 Å². The average Bonchev–Trinajstić information content (AvgIpc) is 3.21. The van der Waals surface area contributed by atoms with E-state index >= 15 is 0 Å². The molecule has 3 atom stereocenters. The Morgan fingerprint density at radius 1 is 1.27 bits per heavy atom. The summed E-state index contributed by atoms with van der Waals surface area (Å²) in [5.41, 5.74) is 1.55. The fraction of sp³-hybridized carbons (Fsp3) is 0.474. The fourth-order valence-electron chi connectivity index (χ4n) is 4.60. The summed E-state index contributed by atoms with van der Waals surface area (Å²) >= 11 is 6.38. The van der Waals surface area contributed by atoms with Crippen molar-refractivity contribution in [2.75, 3.05) is 32.5 Å². The van der Waals surface area contributed by atoms with Gasteiger partial charge in [-0.3, -0.25) is 0 Å². The quantitative estimate of drug-likeness (QED) is 0.897. The Morgan fingerprint density at radius 2 is 2.00 bits per heavy atom. The van der Waals surface area contributed by atoms with Gasteiger partial charge in [0.15, 0.2) is 0 Å². The van der Waals surface area contributed by atoms with Gasteiger partial charge < -0.3 is 19.7 Å². The van der Waals surface area contributed by atoms with E-state index in [1.165, 1.54) is 12.8 Å². The summed E-state index contributed by atoms with van der Waals surface area (Å²) in [6.45, 7) is 1.65. The third kappa shape index (κ3) is 3.19. The van der Waals surface area contributed by atoms with Gasteiger partial charge >= 0.3 is 6.03 Å².